The van der Waals surface area contributed by atoms with Crippen LogP contribution in [0, 0.1) is 5.92 Å². The molecule has 0 saturated carbocycles. The van der Waals surface area contributed by atoms with Crippen LogP contribution in [-0.4, -0.2) is 19.5 Å². The smallest absolute Gasteiger partial charge is 0.164 e. The Hall–Kier alpha value is -7.89. The first-order valence-electron chi connectivity index (χ1n) is 20.9. The quantitative estimate of drug-likeness (QED) is 0.178. The molecule has 0 fully saturated rings. The number of benzene rings is 8. The first kappa shape index (κ1) is 34.0. The Kier molecular flexibility index (Phi) is 7.28. The molecule has 0 radical (unpaired) electrons. The summed E-state index contributed by atoms with van der Waals surface area (Å²) in [5.41, 5.74) is 10.7. The van der Waals surface area contributed by atoms with Crippen LogP contribution in [0.25, 0.3) is 72.4 Å². The minimum absolute atomic E-state index is 0.166. The lowest BCUT2D eigenvalue weighted by Crippen LogP contribution is -2.37. The minimum Gasteiger partial charge on any atom is -0.457 e. The predicted octanol–water partition coefficient (Wildman–Crippen LogP) is 13.4. The number of para-hydroxylation sites is 1. The summed E-state index contributed by atoms with van der Waals surface area (Å²) in [4.78, 5) is 15.2. The molecule has 3 atom stereocenters. The summed E-state index contributed by atoms with van der Waals surface area (Å²) in [6.45, 7) is 0. The number of nitrogens with zero attached hydrogens (tertiary/aromatic N) is 4. The molecule has 0 bridgehead atoms. The molecule has 286 valence electrons. The van der Waals surface area contributed by atoms with Crippen LogP contribution in [0.15, 0.2) is 206 Å². The van der Waals surface area contributed by atoms with E-state index in [1.54, 1.807) is 0 Å². The van der Waals surface area contributed by atoms with Crippen molar-refractivity contribution in [1.29, 1.82) is 0 Å². The van der Waals surface area contributed by atoms with Gasteiger partial charge in [-0.05, 0) is 46.8 Å². The molecule has 1 aliphatic heterocycles. The van der Waals surface area contributed by atoms with E-state index in [0.717, 1.165) is 50.3 Å². The zero-order valence-electron chi connectivity index (χ0n) is 33.0. The zero-order chi connectivity index (χ0) is 40.1. The van der Waals surface area contributed by atoms with Crippen molar-refractivity contribution < 1.29 is 4.74 Å². The Bertz CT molecular complexity index is 3420. The van der Waals surface area contributed by atoms with E-state index in [4.69, 9.17) is 19.7 Å². The Morgan fingerprint density at radius 2 is 1.11 bits per heavy atom. The van der Waals surface area contributed by atoms with Gasteiger partial charge < -0.3 is 9.30 Å². The highest BCUT2D eigenvalue weighted by atomic mass is 16.5. The van der Waals surface area contributed by atoms with Gasteiger partial charge in [0.05, 0.1) is 16.4 Å². The fourth-order valence-electron chi connectivity index (χ4n) is 10.6. The Labute approximate surface area is 352 Å². The van der Waals surface area contributed by atoms with E-state index in [1.807, 2.05) is 60.7 Å². The monoisotopic (exact) mass is 780 g/mol. The second-order valence-electron chi connectivity index (χ2n) is 16.3. The maximum Gasteiger partial charge on any atom is 0.164 e. The molecule has 10 aromatic rings. The second kappa shape index (κ2) is 13.1. The van der Waals surface area contributed by atoms with E-state index in [-0.39, 0.29) is 11.8 Å². The summed E-state index contributed by atoms with van der Waals surface area (Å²) in [5.74, 6) is 4.11. The van der Waals surface area contributed by atoms with Crippen molar-refractivity contribution in [1.82, 2.24) is 19.5 Å². The molecule has 61 heavy (non-hydrogen) atoms. The highest BCUT2D eigenvalue weighted by Gasteiger charge is 2.56. The van der Waals surface area contributed by atoms with Crippen LogP contribution in [0.5, 0.6) is 11.5 Å². The first-order valence-corrected chi connectivity index (χ1v) is 20.9. The molecule has 3 unspecified atom stereocenters. The van der Waals surface area contributed by atoms with Gasteiger partial charge in [-0.2, -0.15) is 0 Å². The van der Waals surface area contributed by atoms with Gasteiger partial charge in [0.25, 0.3) is 0 Å². The molecule has 5 heteroatoms. The standard InChI is InChI=1S/C56H36N4O/c1-3-17-36(18-4-1)53-57-54(37-19-5-2-6-20-37)59-55(58-53)38-21-15-22-39(32-38)60-49-34-48-51(33-44(49)43-31-30-35-16-7-8-23-40(35)52(43)60)61-50-29-14-13-28-47(50)56(48)45-26-11-9-24-41(45)42-25-10-12-27-46(42)56/h1-34,41,45H. The summed E-state index contributed by atoms with van der Waals surface area (Å²) in [6, 6.07) is 64.7. The molecule has 5 nitrogen and oxygen atoms in total. The lowest BCUT2D eigenvalue weighted by molar-refractivity contribution is 0.375. The molecule has 0 N–H and O–H groups in total. The van der Waals surface area contributed by atoms with Gasteiger partial charge >= 0.3 is 0 Å². The van der Waals surface area contributed by atoms with E-state index in [0.29, 0.717) is 17.5 Å². The minimum atomic E-state index is -0.474. The van der Waals surface area contributed by atoms with Gasteiger partial charge in [0.15, 0.2) is 17.5 Å². The Morgan fingerprint density at radius 3 is 1.92 bits per heavy atom. The van der Waals surface area contributed by atoms with Gasteiger partial charge in [-0.25, -0.2) is 15.0 Å². The third-order valence-electron chi connectivity index (χ3n) is 13.2. The van der Waals surface area contributed by atoms with Crippen LogP contribution in [0.3, 0.4) is 0 Å². The van der Waals surface area contributed by atoms with Crippen LogP contribution in [0.4, 0.5) is 0 Å². The highest BCUT2D eigenvalue weighted by Crippen LogP contribution is 2.65. The first-order chi connectivity index (χ1) is 30.2. The van der Waals surface area contributed by atoms with Crippen LogP contribution in [0.1, 0.15) is 28.2 Å². The topological polar surface area (TPSA) is 52.8 Å². The molecule has 3 heterocycles. The molecular weight excluding hydrogens is 745 g/mol. The number of hydrogen-bond donors (Lipinski definition) is 0. The van der Waals surface area contributed by atoms with Gasteiger partial charge in [-0.3, -0.25) is 0 Å². The third-order valence-corrected chi connectivity index (χ3v) is 13.2. The van der Waals surface area contributed by atoms with Crippen molar-refractivity contribution in [2.45, 2.75) is 11.3 Å². The van der Waals surface area contributed by atoms with E-state index in [1.165, 1.54) is 38.4 Å². The zero-order valence-corrected chi connectivity index (χ0v) is 33.0. The fourth-order valence-corrected chi connectivity index (χ4v) is 10.6. The van der Waals surface area contributed by atoms with Crippen LogP contribution < -0.4 is 4.74 Å². The fraction of sp³-hybridized carbons (Fsp3) is 0.0536. The van der Waals surface area contributed by atoms with Gasteiger partial charge in [0.1, 0.15) is 11.5 Å². The van der Waals surface area contributed by atoms with Crippen molar-refractivity contribution in [3.05, 3.63) is 229 Å². The number of ether oxygens (including phenoxy) is 1. The predicted molar refractivity (Wildman–Crippen MR) is 245 cm³/mol. The van der Waals surface area contributed by atoms with Crippen molar-refractivity contribution in [3.8, 4) is 51.3 Å². The number of rotatable bonds is 4. The second-order valence-corrected chi connectivity index (χ2v) is 16.3. The number of fused-ring (bicyclic) bond motifs is 14. The third kappa shape index (κ3) is 4.92. The maximum atomic E-state index is 7.02. The van der Waals surface area contributed by atoms with Crippen molar-refractivity contribution in [2.24, 2.45) is 5.92 Å². The molecule has 0 saturated heterocycles. The van der Waals surface area contributed by atoms with Crippen molar-refractivity contribution >= 4 is 32.6 Å². The Morgan fingerprint density at radius 1 is 0.459 bits per heavy atom. The molecule has 0 amide bonds. The lowest BCUT2D eigenvalue weighted by atomic mass is 9.62. The van der Waals surface area contributed by atoms with Gasteiger partial charge in [-0.1, -0.05) is 176 Å². The molecule has 1 spiro atoms. The van der Waals surface area contributed by atoms with Crippen molar-refractivity contribution in [2.75, 3.05) is 0 Å². The van der Waals surface area contributed by atoms with E-state index in [9.17, 15) is 0 Å². The molecular formula is C56H36N4O. The SMILES string of the molecule is C1=CC2c3ccccc3C3(c4ccccc4Oc4cc5c6ccc7ccccc7c6n(-c6cccc(-c7nc(-c8ccccc8)nc(-c8ccccc8)n7)c6)c5cc43)C2C=C1. The van der Waals surface area contributed by atoms with E-state index in [2.05, 4.69) is 150 Å². The summed E-state index contributed by atoms with van der Waals surface area (Å²) in [7, 11) is 0. The van der Waals surface area contributed by atoms with E-state index < -0.39 is 5.41 Å². The highest BCUT2D eigenvalue weighted by molar-refractivity contribution is 6.19. The molecule has 13 rings (SSSR count). The van der Waals surface area contributed by atoms with Crippen molar-refractivity contribution in [3.63, 3.8) is 0 Å². The Balaban J connectivity index is 1.10. The normalized spacial score (nSPS) is 18.2. The summed E-state index contributed by atoms with van der Waals surface area (Å²) in [6.07, 6.45) is 9.25. The van der Waals surface area contributed by atoms with Gasteiger partial charge in [0, 0.05) is 61.5 Å². The number of allylic oxidation sites excluding steroid dienone is 4. The number of hydrogen-bond acceptors (Lipinski definition) is 4. The lowest BCUT2D eigenvalue weighted by Gasteiger charge is -2.43. The average Bonchev–Trinajstić information content (AvgIpc) is 3.82. The maximum absolute atomic E-state index is 7.02. The van der Waals surface area contributed by atoms with E-state index >= 15 is 0 Å². The number of aromatic nitrogens is 4. The molecule has 2 aromatic heterocycles. The van der Waals surface area contributed by atoms with Gasteiger partial charge in [-0.15, -0.1) is 0 Å². The van der Waals surface area contributed by atoms with Crippen LogP contribution in [-0.2, 0) is 5.41 Å². The molecule has 8 aromatic carbocycles. The molecule has 2 aliphatic carbocycles. The van der Waals surface area contributed by atoms with Gasteiger partial charge in [0.2, 0.25) is 0 Å². The van der Waals surface area contributed by atoms with Crippen LogP contribution >= 0.6 is 0 Å². The average molecular weight is 781 g/mol. The summed E-state index contributed by atoms with van der Waals surface area (Å²) in [5, 5.41) is 4.67. The summed E-state index contributed by atoms with van der Waals surface area (Å²) >= 11 is 0. The molecule has 3 aliphatic rings. The largest absolute Gasteiger partial charge is 0.457 e. The summed E-state index contributed by atoms with van der Waals surface area (Å²) < 4.78 is 9.47. The van der Waals surface area contributed by atoms with Crippen LogP contribution in [0.2, 0.25) is 0 Å².